The molecule has 0 saturated carbocycles. The first kappa shape index (κ1) is 21.4. The van der Waals surface area contributed by atoms with Crippen molar-refractivity contribution in [3.8, 4) is 17.7 Å². The van der Waals surface area contributed by atoms with Crippen LogP contribution in [0.5, 0.6) is 11.6 Å². The summed E-state index contributed by atoms with van der Waals surface area (Å²) in [6, 6.07) is 5.17. The molecule has 11 heteroatoms. The number of rotatable bonds is 8. The van der Waals surface area contributed by atoms with Crippen LogP contribution < -0.4 is 15.7 Å². The molecule has 11 nitrogen and oxygen atoms in total. The molecule has 2 rings (SSSR count). The Balaban J connectivity index is 2.63. The SMILES string of the molecule is CCCCNn1c(OC)c(N=Nc2cc([N+](=O)[O-])ccc2O)c(C)c(C#N)c1=O. The number of phenolic OH excluding ortho intramolecular Hbond substituents is 1. The minimum atomic E-state index is -0.629. The zero-order valence-electron chi connectivity index (χ0n) is 16.2. The van der Waals surface area contributed by atoms with E-state index in [1.54, 1.807) is 0 Å². The summed E-state index contributed by atoms with van der Waals surface area (Å²) in [6.45, 7) is 3.96. The molecule has 0 saturated heterocycles. The van der Waals surface area contributed by atoms with Gasteiger partial charge in [0, 0.05) is 24.2 Å². The zero-order chi connectivity index (χ0) is 21.6. The number of phenols is 1. The first-order valence-corrected chi connectivity index (χ1v) is 8.72. The summed E-state index contributed by atoms with van der Waals surface area (Å²) in [4.78, 5) is 22.9. The number of aromatic hydroxyl groups is 1. The minimum Gasteiger partial charge on any atom is -0.506 e. The maximum Gasteiger partial charge on any atom is 0.290 e. The molecule has 0 amide bonds. The first-order chi connectivity index (χ1) is 13.8. The second-order valence-corrected chi connectivity index (χ2v) is 6.00. The van der Waals surface area contributed by atoms with Gasteiger partial charge in [0.2, 0.25) is 5.88 Å². The second kappa shape index (κ2) is 9.32. The zero-order valence-corrected chi connectivity index (χ0v) is 16.2. The molecule has 29 heavy (non-hydrogen) atoms. The number of nitrogens with zero attached hydrogens (tertiary/aromatic N) is 5. The molecule has 1 aromatic heterocycles. The largest absolute Gasteiger partial charge is 0.506 e. The number of methoxy groups -OCH3 is 1. The molecule has 0 spiro atoms. The highest BCUT2D eigenvalue weighted by Crippen LogP contribution is 2.35. The number of non-ortho nitro benzene ring substituents is 1. The van der Waals surface area contributed by atoms with Crippen LogP contribution in [0.3, 0.4) is 0 Å². The predicted octanol–water partition coefficient (Wildman–Crippen LogP) is 3.41. The number of nitriles is 1. The molecular weight excluding hydrogens is 380 g/mol. The number of hydrogen-bond acceptors (Lipinski definition) is 9. The second-order valence-electron chi connectivity index (χ2n) is 6.00. The number of pyridine rings is 1. The fourth-order valence-corrected chi connectivity index (χ4v) is 2.51. The Kier molecular flexibility index (Phi) is 6.86. The highest BCUT2D eigenvalue weighted by atomic mass is 16.6. The average Bonchev–Trinajstić information content (AvgIpc) is 2.69. The fourth-order valence-electron chi connectivity index (χ4n) is 2.51. The van der Waals surface area contributed by atoms with Crippen molar-refractivity contribution in [1.82, 2.24) is 4.68 Å². The van der Waals surface area contributed by atoms with Gasteiger partial charge >= 0.3 is 0 Å². The van der Waals surface area contributed by atoms with Crippen molar-refractivity contribution in [2.24, 2.45) is 10.2 Å². The van der Waals surface area contributed by atoms with Gasteiger partial charge in [0.1, 0.15) is 23.1 Å². The molecule has 0 bridgehead atoms. The van der Waals surface area contributed by atoms with E-state index in [1.165, 1.54) is 14.0 Å². The number of aromatic nitrogens is 1. The monoisotopic (exact) mass is 400 g/mol. The van der Waals surface area contributed by atoms with Gasteiger partial charge < -0.3 is 15.3 Å². The lowest BCUT2D eigenvalue weighted by molar-refractivity contribution is -0.384. The van der Waals surface area contributed by atoms with Crippen molar-refractivity contribution >= 4 is 17.1 Å². The molecule has 0 aliphatic carbocycles. The van der Waals surface area contributed by atoms with Crippen LogP contribution in [0.1, 0.15) is 30.9 Å². The maximum atomic E-state index is 12.6. The quantitative estimate of drug-likeness (QED) is 0.298. The number of nitro groups is 1. The Morgan fingerprint density at radius 2 is 2.14 bits per heavy atom. The van der Waals surface area contributed by atoms with E-state index < -0.39 is 10.5 Å². The van der Waals surface area contributed by atoms with E-state index in [0.29, 0.717) is 6.54 Å². The van der Waals surface area contributed by atoms with Crippen molar-refractivity contribution in [2.45, 2.75) is 26.7 Å². The molecule has 0 fully saturated rings. The van der Waals surface area contributed by atoms with Gasteiger partial charge in [-0.25, -0.2) is 0 Å². The van der Waals surface area contributed by atoms with Gasteiger partial charge in [-0.1, -0.05) is 13.3 Å². The Labute approximate surface area is 166 Å². The summed E-state index contributed by atoms with van der Waals surface area (Å²) < 4.78 is 6.40. The van der Waals surface area contributed by atoms with Crippen molar-refractivity contribution in [3.63, 3.8) is 0 Å². The van der Waals surface area contributed by atoms with E-state index in [9.17, 15) is 25.3 Å². The van der Waals surface area contributed by atoms with Crippen molar-refractivity contribution in [2.75, 3.05) is 19.1 Å². The number of nitrogens with one attached hydrogen (secondary N) is 1. The molecule has 1 heterocycles. The molecule has 2 N–H and O–H groups in total. The van der Waals surface area contributed by atoms with Crippen LogP contribution in [0.25, 0.3) is 0 Å². The molecule has 0 radical (unpaired) electrons. The van der Waals surface area contributed by atoms with Crippen molar-refractivity contribution < 1.29 is 14.8 Å². The lowest BCUT2D eigenvalue weighted by Gasteiger charge is -2.17. The fraction of sp³-hybridized carbons (Fsp3) is 0.333. The average molecular weight is 400 g/mol. The van der Waals surface area contributed by atoms with Gasteiger partial charge in [0.15, 0.2) is 5.69 Å². The number of ether oxygens (including phenoxy) is 1. The number of azo groups is 1. The standard InChI is InChI=1S/C18H20N6O5/c1-4-5-8-20-23-17(26)13(10-19)11(2)16(18(23)29-3)22-21-14-9-12(24(27)28)6-7-15(14)25/h6-7,9,20,25H,4-5,8H2,1-3H3. The Morgan fingerprint density at radius 3 is 2.72 bits per heavy atom. The summed E-state index contributed by atoms with van der Waals surface area (Å²) in [5, 5.41) is 38.1. The van der Waals surface area contributed by atoms with Crippen LogP contribution in [0, 0.1) is 28.4 Å². The van der Waals surface area contributed by atoms with E-state index in [1.807, 2.05) is 13.0 Å². The Bertz CT molecular complexity index is 1050. The molecule has 0 aliphatic heterocycles. The molecule has 2 aromatic rings. The van der Waals surface area contributed by atoms with E-state index in [0.717, 1.165) is 35.7 Å². The van der Waals surface area contributed by atoms with Gasteiger partial charge in [-0.05, 0) is 19.4 Å². The molecular formula is C18H20N6O5. The summed E-state index contributed by atoms with van der Waals surface area (Å²) in [6.07, 6.45) is 1.67. The number of hydrogen-bond donors (Lipinski definition) is 2. The molecule has 0 unspecified atom stereocenters. The van der Waals surface area contributed by atoms with Gasteiger partial charge in [0.05, 0.1) is 12.0 Å². The highest BCUT2D eigenvalue weighted by Gasteiger charge is 2.21. The lowest BCUT2D eigenvalue weighted by atomic mass is 10.1. The van der Waals surface area contributed by atoms with Gasteiger partial charge in [0.25, 0.3) is 11.2 Å². The molecule has 152 valence electrons. The summed E-state index contributed by atoms with van der Waals surface area (Å²) in [5.74, 6) is -0.290. The molecule has 1 aromatic carbocycles. The van der Waals surface area contributed by atoms with E-state index >= 15 is 0 Å². The topological polar surface area (TPSA) is 155 Å². The lowest BCUT2D eigenvalue weighted by Crippen LogP contribution is -2.33. The number of nitro benzene ring substituents is 1. The van der Waals surface area contributed by atoms with Crippen LogP contribution in [0.15, 0.2) is 33.2 Å². The maximum absolute atomic E-state index is 12.6. The third kappa shape index (κ3) is 4.49. The third-order valence-corrected chi connectivity index (χ3v) is 4.09. The van der Waals surface area contributed by atoms with Gasteiger partial charge in [-0.2, -0.15) is 9.94 Å². The van der Waals surface area contributed by atoms with E-state index in [2.05, 4.69) is 15.7 Å². The highest BCUT2D eigenvalue weighted by molar-refractivity contribution is 5.61. The number of unbranched alkanes of at least 4 members (excludes halogenated alkanes) is 1. The Hall–Kier alpha value is -3.94. The van der Waals surface area contributed by atoms with Gasteiger partial charge in [-0.15, -0.1) is 10.2 Å². The van der Waals surface area contributed by atoms with E-state index in [-0.39, 0.29) is 39.8 Å². The van der Waals surface area contributed by atoms with Crippen molar-refractivity contribution in [3.05, 3.63) is 49.8 Å². The van der Waals surface area contributed by atoms with Crippen LogP contribution >= 0.6 is 0 Å². The Morgan fingerprint density at radius 1 is 1.41 bits per heavy atom. The van der Waals surface area contributed by atoms with Crippen molar-refractivity contribution in [1.29, 1.82) is 5.26 Å². The third-order valence-electron chi connectivity index (χ3n) is 4.09. The van der Waals surface area contributed by atoms with Crippen LogP contribution in [0.2, 0.25) is 0 Å². The molecule has 0 atom stereocenters. The summed E-state index contributed by atoms with van der Waals surface area (Å²) in [7, 11) is 1.34. The minimum absolute atomic E-state index is 0.0243. The van der Waals surface area contributed by atoms with E-state index in [4.69, 9.17) is 4.74 Å². The summed E-state index contributed by atoms with van der Waals surface area (Å²) in [5.41, 5.74) is 2.06. The van der Waals surface area contributed by atoms with Crippen LogP contribution in [-0.2, 0) is 0 Å². The van der Waals surface area contributed by atoms with Crippen LogP contribution in [-0.4, -0.2) is 28.4 Å². The summed E-state index contributed by atoms with van der Waals surface area (Å²) >= 11 is 0. The van der Waals surface area contributed by atoms with Gasteiger partial charge in [-0.3, -0.25) is 14.9 Å². The number of benzene rings is 1. The smallest absolute Gasteiger partial charge is 0.290 e. The predicted molar refractivity (Wildman–Crippen MR) is 105 cm³/mol. The van der Waals surface area contributed by atoms with Crippen LogP contribution in [0.4, 0.5) is 17.1 Å². The first-order valence-electron chi connectivity index (χ1n) is 8.72. The normalized spacial score (nSPS) is 10.7. The molecule has 0 aliphatic rings.